The normalized spacial score (nSPS) is 13.8. The number of hydrogen-bond acceptors (Lipinski definition) is 3. The van der Waals surface area contributed by atoms with Gasteiger partial charge in [0.2, 0.25) is 15.9 Å². The molecule has 4 N–H and O–H groups in total. The van der Waals surface area contributed by atoms with Crippen molar-refractivity contribution in [3.05, 3.63) is 29.3 Å². The number of nitrogens with two attached hydrogens (primary N) is 2. The van der Waals surface area contributed by atoms with Crippen molar-refractivity contribution >= 4 is 15.9 Å². The van der Waals surface area contributed by atoms with E-state index in [1.807, 2.05) is 6.07 Å². The molecule has 0 spiro atoms. The van der Waals surface area contributed by atoms with E-state index in [1.54, 1.807) is 12.1 Å². The van der Waals surface area contributed by atoms with Crippen molar-refractivity contribution in [1.29, 1.82) is 0 Å². The fourth-order valence-corrected chi connectivity index (χ4v) is 3.58. The molecule has 24 heavy (non-hydrogen) atoms. The third-order valence-electron chi connectivity index (χ3n) is 4.33. The van der Waals surface area contributed by atoms with Crippen LogP contribution in [0.25, 0.3) is 0 Å². The number of primary amides is 1. The van der Waals surface area contributed by atoms with E-state index in [0.717, 1.165) is 50.5 Å². The summed E-state index contributed by atoms with van der Waals surface area (Å²) in [7, 11) is -3.54. The molecule has 0 fully saturated rings. The second-order valence-electron chi connectivity index (χ2n) is 6.36. The van der Waals surface area contributed by atoms with Gasteiger partial charge in [0.25, 0.3) is 0 Å². The van der Waals surface area contributed by atoms with Gasteiger partial charge in [-0.1, -0.05) is 32.8 Å². The first kappa shape index (κ1) is 20.6. The van der Waals surface area contributed by atoms with Gasteiger partial charge in [0, 0.05) is 5.92 Å². The van der Waals surface area contributed by atoms with Crippen LogP contribution < -0.4 is 10.9 Å². The van der Waals surface area contributed by atoms with Crippen LogP contribution in [0.4, 0.5) is 0 Å². The third-order valence-corrected chi connectivity index (χ3v) is 5.24. The summed E-state index contributed by atoms with van der Waals surface area (Å²) < 4.78 is 22.2. The summed E-state index contributed by atoms with van der Waals surface area (Å²) in [5, 5.41) is 5.06. The number of rotatable bonds is 6. The minimum absolute atomic E-state index is 0.120. The highest BCUT2D eigenvalue weighted by Gasteiger charge is 2.14. The topological polar surface area (TPSA) is 103 Å². The predicted octanol–water partition coefficient (Wildman–Crippen LogP) is 2.90. The van der Waals surface area contributed by atoms with Gasteiger partial charge >= 0.3 is 0 Å². The molecule has 0 unspecified atom stereocenters. The van der Waals surface area contributed by atoms with Crippen molar-refractivity contribution in [2.75, 3.05) is 0 Å². The van der Waals surface area contributed by atoms with Gasteiger partial charge in [0.15, 0.2) is 0 Å². The Morgan fingerprint density at radius 1 is 1.08 bits per heavy atom. The molecule has 0 aromatic heterocycles. The summed E-state index contributed by atoms with van der Waals surface area (Å²) in [4.78, 5) is 10.9. The number of carbonyl (C=O) groups is 1. The maximum Gasteiger partial charge on any atom is 0.238 e. The zero-order valence-electron chi connectivity index (χ0n) is 14.8. The number of hydrogen-bond donors (Lipinski definition) is 2. The zero-order chi connectivity index (χ0) is 18.2. The van der Waals surface area contributed by atoms with Crippen molar-refractivity contribution in [1.82, 2.24) is 0 Å². The molecule has 0 saturated heterocycles. The van der Waals surface area contributed by atoms with Gasteiger partial charge in [-0.05, 0) is 61.8 Å². The molecule has 0 atom stereocenters. The van der Waals surface area contributed by atoms with Gasteiger partial charge < -0.3 is 5.73 Å². The highest BCUT2D eigenvalue weighted by molar-refractivity contribution is 7.89. The van der Waals surface area contributed by atoms with E-state index in [9.17, 15) is 13.2 Å². The van der Waals surface area contributed by atoms with Gasteiger partial charge in [0.1, 0.15) is 0 Å². The number of primary sulfonamides is 1. The number of amides is 1. The molecular weight excluding hydrogens is 324 g/mol. The number of aryl methyl sites for hydroxylation is 2. The quantitative estimate of drug-likeness (QED) is 0.820. The minimum atomic E-state index is -3.54. The van der Waals surface area contributed by atoms with E-state index < -0.39 is 10.0 Å². The Morgan fingerprint density at radius 3 is 2.08 bits per heavy atom. The summed E-state index contributed by atoms with van der Waals surface area (Å²) in [5.74, 6) is -0.0151. The van der Waals surface area contributed by atoms with Crippen LogP contribution in [0.1, 0.15) is 63.5 Å². The first-order valence-corrected chi connectivity index (χ1v) is 10.3. The van der Waals surface area contributed by atoms with Crippen molar-refractivity contribution in [3.63, 3.8) is 0 Å². The molecule has 2 rings (SSSR count). The molecule has 1 aromatic carbocycles. The van der Waals surface area contributed by atoms with E-state index in [4.69, 9.17) is 10.9 Å². The Morgan fingerprint density at radius 2 is 1.62 bits per heavy atom. The highest BCUT2D eigenvalue weighted by atomic mass is 32.2. The Hall–Kier alpha value is -1.40. The van der Waals surface area contributed by atoms with E-state index in [1.165, 1.54) is 12.0 Å². The molecule has 0 radical (unpaired) electrons. The Bertz CT molecular complexity index is 636. The monoisotopic (exact) mass is 354 g/mol. The molecule has 1 aromatic rings. The van der Waals surface area contributed by atoms with Gasteiger partial charge in [-0.15, -0.1) is 0 Å². The van der Waals surface area contributed by atoms with Gasteiger partial charge in [-0.3, -0.25) is 4.79 Å². The van der Waals surface area contributed by atoms with Crippen LogP contribution in [0.15, 0.2) is 23.1 Å². The summed E-state index contributed by atoms with van der Waals surface area (Å²) >= 11 is 0. The molecule has 1 amide bonds. The molecule has 0 bridgehead atoms. The lowest BCUT2D eigenvalue weighted by molar-refractivity contribution is -0.122. The molecule has 1 aliphatic carbocycles. The number of fused-ring (bicyclic) bond motifs is 1. The van der Waals surface area contributed by atoms with Crippen molar-refractivity contribution in [2.45, 2.75) is 70.1 Å². The van der Waals surface area contributed by atoms with Crippen LogP contribution in [0.2, 0.25) is 0 Å². The molecule has 0 aliphatic heterocycles. The fourth-order valence-electron chi connectivity index (χ4n) is 3.01. The van der Waals surface area contributed by atoms with E-state index >= 15 is 0 Å². The first-order chi connectivity index (χ1) is 11.3. The van der Waals surface area contributed by atoms with Crippen LogP contribution in [0, 0.1) is 5.92 Å². The van der Waals surface area contributed by atoms with Crippen molar-refractivity contribution in [2.24, 2.45) is 16.8 Å². The molecule has 1 aliphatic rings. The van der Waals surface area contributed by atoms with Crippen molar-refractivity contribution < 1.29 is 13.2 Å². The van der Waals surface area contributed by atoms with E-state index in [2.05, 4.69) is 13.8 Å². The lowest BCUT2D eigenvalue weighted by atomic mass is 9.92. The first-order valence-electron chi connectivity index (χ1n) is 8.73. The standard InChI is InChI=1S/C10H13NO2S.C8H17NO/c11-14(12,13)10-6-5-8-3-1-2-4-9(8)7-10;1-3-5-7(6-4-2)8(9)10/h5-7H,1-4H2,(H2,11,12,13);7H,3-6H2,1-2H3,(H2,9,10). The second-order valence-corrected chi connectivity index (χ2v) is 7.92. The van der Waals surface area contributed by atoms with Crippen LogP contribution in [0.3, 0.4) is 0 Å². The van der Waals surface area contributed by atoms with Gasteiger partial charge in [-0.2, -0.15) is 0 Å². The SMILES string of the molecule is CCCC(CCC)C(N)=O.NS(=O)(=O)c1ccc2c(c1)CCCC2. The van der Waals surface area contributed by atoms with Crippen molar-refractivity contribution in [3.8, 4) is 0 Å². The van der Waals surface area contributed by atoms with Gasteiger partial charge in [-0.25, -0.2) is 13.6 Å². The van der Waals surface area contributed by atoms with Crippen LogP contribution in [0.5, 0.6) is 0 Å². The van der Waals surface area contributed by atoms with Gasteiger partial charge in [0.05, 0.1) is 4.90 Å². The summed E-state index contributed by atoms with van der Waals surface area (Å²) in [6, 6.07) is 5.19. The molecule has 6 heteroatoms. The summed E-state index contributed by atoms with van der Waals surface area (Å²) in [5.41, 5.74) is 7.58. The summed E-state index contributed by atoms with van der Waals surface area (Å²) in [6.45, 7) is 4.15. The molecule has 136 valence electrons. The number of carbonyl (C=O) groups excluding carboxylic acids is 1. The number of benzene rings is 1. The highest BCUT2D eigenvalue weighted by Crippen LogP contribution is 2.23. The molecule has 0 heterocycles. The molecule has 0 saturated carbocycles. The lowest BCUT2D eigenvalue weighted by Gasteiger charge is -2.15. The summed E-state index contributed by atoms with van der Waals surface area (Å²) in [6.07, 6.45) is 8.36. The van der Waals surface area contributed by atoms with Crippen LogP contribution in [-0.4, -0.2) is 14.3 Å². The second kappa shape index (κ2) is 9.79. The zero-order valence-corrected chi connectivity index (χ0v) is 15.6. The predicted molar refractivity (Wildman–Crippen MR) is 97.0 cm³/mol. The number of sulfonamides is 1. The van der Waals surface area contributed by atoms with E-state index in [0.29, 0.717) is 0 Å². The third kappa shape index (κ3) is 6.61. The Kier molecular flexibility index (Phi) is 8.42. The maximum absolute atomic E-state index is 11.1. The largest absolute Gasteiger partial charge is 0.369 e. The average molecular weight is 355 g/mol. The van der Waals surface area contributed by atoms with E-state index in [-0.39, 0.29) is 16.7 Å². The maximum atomic E-state index is 11.1. The Balaban J connectivity index is 0.000000257. The molecule has 5 nitrogen and oxygen atoms in total. The average Bonchev–Trinajstić information content (AvgIpc) is 2.54. The minimum Gasteiger partial charge on any atom is -0.369 e. The van der Waals surface area contributed by atoms with Crippen LogP contribution >= 0.6 is 0 Å². The van der Waals surface area contributed by atoms with Crippen LogP contribution in [-0.2, 0) is 27.7 Å². The lowest BCUT2D eigenvalue weighted by Crippen LogP contribution is -2.22. The molecular formula is C18H30N2O3S. The smallest absolute Gasteiger partial charge is 0.238 e. The fraction of sp³-hybridized carbons (Fsp3) is 0.611. The Labute approximate surface area is 145 Å².